The second-order valence-electron chi connectivity index (χ2n) is 3.67. The molecule has 0 aliphatic heterocycles. The molecule has 1 aromatic heterocycles. The lowest BCUT2D eigenvalue weighted by Crippen LogP contribution is -2.32. The predicted molar refractivity (Wildman–Crippen MR) is 64.8 cm³/mol. The highest BCUT2D eigenvalue weighted by molar-refractivity contribution is 7.89. The lowest BCUT2D eigenvalue weighted by molar-refractivity contribution is 0.198. The maximum atomic E-state index is 12.0. The summed E-state index contributed by atoms with van der Waals surface area (Å²) >= 11 is 5.85. The Labute approximate surface area is 106 Å². The van der Waals surface area contributed by atoms with Crippen molar-refractivity contribution < 1.29 is 13.2 Å². The van der Waals surface area contributed by atoms with Crippen LogP contribution in [0.25, 0.3) is 0 Å². The van der Waals surface area contributed by atoms with E-state index in [2.05, 4.69) is 14.9 Å². The molecule has 0 aliphatic rings. The summed E-state index contributed by atoms with van der Waals surface area (Å²) in [5.74, 6) is 0. The number of alkyl halides is 1. The van der Waals surface area contributed by atoms with Crippen LogP contribution in [0.15, 0.2) is 4.90 Å². The fourth-order valence-electron chi connectivity index (χ4n) is 1.45. The first-order valence-corrected chi connectivity index (χ1v) is 6.94. The molecular weight excluding hydrogens is 266 g/mol. The van der Waals surface area contributed by atoms with Crippen molar-refractivity contribution in [2.45, 2.75) is 24.1 Å². The van der Waals surface area contributed by atoms with Gasteiger partial charge in [-0.2, -0.15) is 5.10 Å². The molecule has 98 valence electrons. The van der Waals surface area contributed by atoms with Gasteiger partial charge in [0.15, 0.2) is 0 Å². The number of sulfonamides is 1. The van der Waals surface area contributed by atoms with Crippen LogP contribution in [0.3, 0.4) is 0 Å². The van der Waals surface area contributed by atoms with Crippen molar-refractivity contribution >= 4 is 21.6 Å². The number of hydrogen-bond donors (Lipinski definition) is 2. The number of aromatic nitrogens is 2. The molecule has 0 saturated heterocycles. The van der Waals surface area contributed by atoms with E-state index in [-0.39, 0.29) is 18.0 Å². The molecule has 0 aromatic carbocycles. The van der Waals surface area contributed by atoms with E-state index >= 15 is 0 Å². The number of aryl methyl sites for hydroxylation is 2. The van der Waals surface area contributed by atoms with E-state index < -0.39 is 15.4 Å². The van der Waals surface area contributed by atoms with Crippen molar-refractivity contribution in [3.8, 4) is 0 Å². The summed E-state index contributed by atoms with van der Waals surface area (Å²) in [4.78, 5) is 0.179. The fraction of sp³-hybridized carbons (Fsp3) is 0.667. The van der Waals surface area contributed by atoms with Gasteiger partial charge in [-0.05, 0) is 13.8 Å². The number of ether oxygens (including phenoxy) is 1. The van der Waals surface area contributed by atoms with Crippen molar-refractivity contribution in [2.24, 2.45) is 0 Å². The number of rotatable bonds is 6. The maximum absolute atomic E-state index is 12.0. The number of hydrogen-bond acceptors (Lipinski definition) is 4. The monoisotopic (exact) mass is 281 g/mol. The number of halogens is 1. The first kappa shape index (κ1) is 14.4. The topological polar surface area (TPSA) is 84.1 Å². The highest BCUT2D eigenvalue weighted by Crippen LogP contribution is 2.16. The van der Waals surface area contributed by atoms with Gasteiger partial charge in [-0.25, -0.2) is 13.1 Å². The van der Waals surface area contributed by atoms with Crippen LogP contribution in [0.5, 0.6) is 0 Å². The summed E-state index contributed by atoms with van der Waals surface area (Å²) in [5.41, 5.74) is 0.945. The largest absolute Gasteiger partial charge is 0.383 e. The lowest BCUT2D eigenvalue weighted by atomic mass is 10.4. The Bertz CT molecular complexity index is 452. The Morgan fingerprint density at radius 1 is 1.53 bits per heavy atom. The standard InChI is InChI=1S/C9H16ClN3O3S/c1-6-9(7(2)13-12-6)17(14,15)11-4-8(10)5-16-3/h8,11H,4-5H2,1-3H3,(H,12,13). The van der Waals surface area contributed by atoms with E-state index in [0.717, 1.165) is 0 Å². The van der Waals surface area contributed by atoms with Crippen molar-refractivity contribution in [2.75, 3.05) is 20.3 Å². The molecule has 1 heterocycles. The van der Waals surface area contributed by atoms with Gasteiger partial charge < -0.3 is 4.74 Å². The average Bonchev–Trinajstić information content (AvgIpc) is 2.57. The Morgan fingerprint density at radius 2 is 2.18 bits per heavy atom. The van der Waals surface area contributed by atoms with Crippen molar-refractivity contribution in [3.05, 3.63) is 11.4 Å². The van der Waals surface area contributed by atoms with E-state index in [1.807, 2.05) is 0 Å². The van der Waals surface area contributed by atoms with Crippen molar-refractivity contribution in [3.63, 3.8) is 0 Å². The second kappa shape index (κ2) is 5.81. The quantitative estimate of drug-likeness (QED) is 0.746. The molecule has 0 spiro atoms. The first-order chi connectivity index (χ1) is 7.88. The molecule has 0 saturated carbocycles. The molecule has 0 bridgehead atoms. The summed E-state index contributed by atoms with van der Waals surface area (Å²) in [6.45, 7) is 3.68. The molecule has 17 heavy (non-hydrogen) atoms. The number of nitrogens with zero attached hydrogens (tertiary/aromatic N) is 1. The normalized spacial score (nSPS) is 13.9. The zero-order chi connectivity index (χ0) is 13.1. The number of methoxy groups -OCH3 is 1. The van der Waals surface area contributed by atoms with Crippen molar-refractivity contribution in [1.82, 2.24) is 14.9 Å². The van der Waals surface area contributed by atoms with Crippen LogP contribution in [0.2, 0.25) is 0 Å². The van der Waals surface area contributed by atoms with Crippen LogP contribution < -0.4 is 4.72 Å². The van der Waals surface area contributed by atoms with Crippen LogP contribution in [-0.4, -0.2) is 44.3 Å². The van der Waals surface area contributed by atoms with Gasteiger partial charge in [-0.1, -0.05) is 0 Å². The van der Waals surface area contributed by atoms with E-state index in [1.54, 1.807) is 13.8 Å². The van der Waals surface area contributed by atoms with Crippen LogP contribution in [0, 0.1) is 13.8 Å². The molecule has 2 N–H and O–H groups in total. The molecule has 0 aliphatic carbocycles. The molecule has 1 atom stereocenters. The number of aromatic amines is 1. The highest BCUT2D eigenvalue weighted by Gasteiger charge is 2.22. The smallest absolute Gasteiger partial charge is 0.244 e. The zero-order valence-corrected chi connectivity index (χ0v) is 11.5. The maximum Gasteiger partial charge on any atom is 0.244 e. The minimum absolute atomic E-state index is 0.113. The van der Waals surface area contributed by atoms with E-state index in [0.29, 0.717) is 11.4 Å². The van der Waals surface area contributed by atoms with Gasteiger partial charge in [0.25, 0.3) is 0 Å². The Morgan fingerprint density at radius 3 is 2.65 bits per heavy atom. The van der Waals surface area contributed by atoms with Gasteiger partial charge in [-0.15, -0.1) is 11.6 Å². The Hall–Kier alpha value is -0.630. The average molecular weight is 282 g/mol. The molecule has 1 rings (SSSR count). The van der Waals surface area contributed by atoms with Gasteiger partial charge in [0.05, 0.1) is 23.4 Å². The molecule has 1 unspecified atom stereocenters. The third-order valence-electron chi connectivity index (χ3n) is 2.17. The Balaban J connectivity index is 2.76. The summed E-state index contributed by atoms with van der Waals surface area (Å²) < 4.78 is 31.2. The minimum Gasteiger partial charge on any atom is -0.383 e. The molecule has 0 fully saturated rings. The fourth-order valence-corrected chi connectivity index (χ4v) is 3.19. The third-order valence-corrected chi connectivity index (χ3v) is 4.14. The van der Waals surface area contributed by atoms with Crippen LogP contribution in [0.4, 0.5) is 0 Å². The summed E-state index contributed by atoms with van der Waals surface area (Å²) in [6.07, 6.45) is 0. The zero-order valence-electron chi connectivity index (χ0n) is 9.95. The van der Waals surface area contributed by atoms with Crippen LogP contribution >= 0.6 is 11.6 Å². The molecule has 1 aromatic rings. The molecule has 0 radical (unpaired) electrons. The SMILES string of the molecule is COCC(Cl)CNS(=O)(=O)c1c(C)n[nH]c1C. The summed E-state index contributed by atoms with van der Waals surface area (Å²) in [5, 5.41) is 6.07. The third kappa shape index (κ3) is 3.67. The van der Waals surface area contributed by atoms with Gasteiger partial charge in [0.2, 0.25) is 10.0 Å². The van der Waals surface area contributed by atoms with Crippen LogP contribution in [0.1, 0.15) is 11.4 Å². The number of H-pyrrole nitrogens is 1. The number of nitrogens with one attached hydrogen (secondary N) is 2. The predicted octanol–water partition coefficient (Wildman–Crippen LogP) is 0.559. The second-order valence-corrected chi connectivity index (χ2v) is 5.99. The molecule has 6 nitrogen and oxygen atoms in total. The summed E-state index contributed by atoms with van der Waals surface area (Å²) in [6, 6.07) is 0. The van der Waals surface area contributed by atoms with E-state index in [9.17, 15) is 8.42 Å². The van der Waals surface area contributed by atoms with E-state index in [1.165, 1.54) is 7.11 Å². The van der Waals surface area contributed by atoms with Gasteiger partial charge in [-0.3, -0.25) is 5.10 Å². The van der Waals surface area contributed by atoms with Gasteiger partial charge >= 0.3 is 0 Å². The van der Waals surface area contributed by atoms with Crippen LogP contribution in [-0.2, 0) is 14.8 Å². The molecule has 8 heteroatoms. The highest BCUT2D eigenvalue weighted by atomic mass is 35.5. The summed E-state index contributed by atoms with van der Waals surface area (Å²) in [7, 11) is -2.07. The van der Waals surface area contributed by atoms with E-state index in [4.69, 9.17) is 16.3 Å². The minimum atomic E-state index is -3.58. The van der Waals surface area contributed by atoms with Crippen molar-refractivity contribution in [1.29, 1.82) is 0 Å². The molecular formula is C9H16ClN3O3S. The first-order valence-electron chi connectivity index (χ1n) is 5.02. The lowest BCUT2D eigenvalue weighted by Gasteiger charge is -2.10. The van der Waals surface area contributed by atoms with Gasteiger partial charge in [0.1, 0.15) is 4.90 Å². The van der Waals surface area contributed by atoms with Gasteiger partial charge in [0, 0.05) is 13.7 Å². The Kier molecular flexibility index (Phi) is 4.93. The molecule has 0 amide bonds.